The number of hydrogen-bond donors (Lipinski definition) is 0. The van der Waals surface area contributed by atoms with Crippen molar-refractivity contribution in [2.45, 2.75) is 39.2 Å². The summed E-state index contributed by atoms with van der Waals surface area (Å²) < 4.78 is 5.39. The number of nitriles is 1. The molecule has 6 nitrogen and oxygen atoms in total. The van der Waals surface area contributed by atoms with Crippen LogP contribution in [0.5, 0.6) is 0 Å². The highest BCUT2D eigenvalue weighted by atomic mass is 16.6. The minimum atomic E-state index is -0.462. The zero-order valence-electron chi connectivity index (χ0n) is 15.0. The van der Waals surface area contributed by atoms with E-state index in [0.717, 1.165) is 31.7 Å². The van der Waals surface area contributed by atoms with E-state index in [-0.39, 0.29) is 6.09 Å². The summed E-state index contributed by atoms with van der Waals surface area (Å²) in [7, 11) is 1.79. The van der Waals surface area contributed by atoms with Crippen molar-refractivity contribution in [1.29, 1.82) is 5.26 Å². The second kappa shape index (κ2) is 7.52. The average molecular weight is 330 g/mol. The van der Waals surface area contributed by atoms with Gasteiger partial charge in [0.25, 0.3) is 0 Å². The molecule has 130 valence electrons. The van der Waals surface area contributed by atoms with Gasteiger partial charge in [0.1, 0.15) is 17.5 Å². The van der Waals surface area contributed by atoms with E-state index in [1.54, 1.807) is 24.2 Å². The Morgan fingerprint density at radius 2 is 2.08 bits per heavy atom. The molecule has 0 spiro atoms. The maximum Gasteiger partial charge on any atom is 0.410 e. The minimum absolute atomic E-state index is 0.265. The molecule has 1 amide bonds. The van der Waals surface area contributed by atoms with Gasteiger partial charge in [0.15, 0.2) is 0 Å². The first-order valence-corrected chi connectivity index (χ1v) is 8.33. The third-order valence-corrected chi connectivity index (χ3v) is 4.05. The van der Waals surface area contributed by atoms with Gasteiger partial charge in [-0.15, -0.1) is 0 Å². The summed E-state index contributed by atoms with van der Waals surface area (Å²) in [6.45, 7) is 8.16. The Morgan fingerprint density at radius 1 is 1.42 bits per heavy atom. The van der Waals surface area contributed by atoms with E-state index in [1.165, 1.54) is 0 Å². The molecule has 0 N–H and O–H groups in total. The number of carbonyl (C=O) groups is 1. The summed E-state index contributed by atoms with van der Waals surface area (Å²) in [6, 6.07) is 5.77. The van der Waals surface area contributed by atoms with Crippen molar-refractivity contribution < 1.29 is 9.53 Å². The van der Waals surface area contributed by atoms with Crippen LogP contribution in [0.1, 0.15) is 39.2 Å². The molecule has 0 atom stereocenters. The molecule has 1 aliphatic rings. The molecule has 1 aromatic rings. The molecule has 2 heterocycles. The van der Waals surface area contributed by atoms with E-state index < -0.39 is 5.60 Å². The summed E-state index contributed by atoms with van der Waals surface area (Å²) in [4.78, 5) is 20.3. The molecular formula is C18H26N4O2. The van der Waals surface area contributed by atoms with Gasteiger partial charge in [-0.05, 0) is 51.7 Å². The van der Waals surface area contributed by atoms with Gasteiger partial charge in [-0.25, -0.2) is 9.78 Å². The summed E-state index contributed by atoms with van der Waals surface area (Å²) in [5, 5.41) is 8.83. The number of amides is 1. The molecule has 0 aromatic carbocycles. The SMILES string of the molecule is CN(CC1CCN(c2ccc(C#N)cn2)CC1)C(=O)OC(C)(C)C. The maximum absolute atomic E-state index is 12.0. The van der Waals surface area contributed by atoms with Crippen molar-refractivity contribution in [3.05, 3.63) is 23.9 Å². The third-order valence-electron chi connectivity index (χ3n) is 4.05. The largest absolute Gasteiger partial charge is 0.444 e. The van der Waals surface area contributed by atoms with Gasteiger partial charge in [0.05, 0.1) is 5.56 Å². The number of pyridine rings is 1. The molecule has 6 heteroatoms. The Morgan fingerprint density at radius 3 is 2.58 bits per heavy atom. The van der Waals surface area contributed by atoms with Gasteiger partial charge >= 0.3 is 6.09 Å². The molecule has 24 heavy (non-hydrogen) atoms. The fraction of sp³-hybridized carbons (Fsp3) is 0.611. The molecule has 0 bridgehead atoms. The molecular weight excluding hydrogens is 304 g/mol. The first kappa shape index (κ1) is 18.1. The number of aromatic nitrogens is 1. The van der Waals surface area contributed by atoms with Crippen LogP contribution in [0.15, 0.2) is 18.3 Å². The van der Waals surface area contributed by atoms with Crippen molar-refractivity contribution in [1.82, 2.24) is 9.88 Å². The lowest BCUT2D eigenvalue weighted by molar-refractivity contribution is 0.0266. The zero-order chi connectivity index (χ0) is 17.7. The lowest BCUT2D eigenvalue weighted by Crippen LogP contribution is -2.41. The number of rotatable bonds is 3. The Kier molecular flexibility index (Phi) is 5.66. The summed E-state index contributed by atoms with van der Waals surface area (Å²) >= 11 is 0. The number of carbonyl (C=O) groups excluding carboxylic acids is 1. The van der Waals surface area contributed by atoms with Gasteiger partial charge in [0.2, 0.25) is 0 Å². The van der Waals surface area contributed by atoms with Gasteiger partial charge in [0, 0.05) is 32.9 Å². The monoisotopic (exact) mass is 330 g/mol. The molecule has 0 unspecified atom stereocenters. The maximum atomic E-state index is 12.0. The highest BCUT2D eigenvalue weighted by Crippen LogP contribution is 2.23. The number of nitrogens with zero attached hydrogens (tertiary/aromatic N) is 4. The van der Waals surface area contributed by atoms with Crippen LogP contribution in [0.3, 0.4) is 0 Å². The van der Waals surface area contributed by atoms with Crippen molar-refractivity contribution in [2.75, 3.05) is 31.6 Å². The Balaban J connectivity index is 1.82. The van der Waals surface area contributed by atoms with E-state index in [1.807, 2.05) is 26.8 Å². The van der Waals surface area contributed by atoms with E-state index in [0.29, 0.717) is 18.0 Å². The predicted octanol–water partition coefficient (Wildman–Crippen LogP) is 3.04. The number of piperidine rings is 1. The van der Waals surface area contributed by atoms with Crippen LogP contribution in [-0.2, 0) is 4.74 Å². The highest BCUT2D eigenvalue weighted by molar-refractivity contribution is 5.67. The zero-order valence-corrected chi connectivity index (χ0v) is 15.0. The first-order valence-electron chi connectivity index (χ1n) is 8.33. The second-order valence-corrected chi connectivity index (χ2v) is 7.31. The summed E-state index contributed by atoms with van der Waals surface area (Å²) in [5.74, 6) is 1.38. The third kappa shape index (κ3) is 5.12. The van der Waals surface area contributed by atoms with Gasteiger partial charge < -0.3 is 14.5 Å². The fourth-order valence-corrected chi connectivity index (χ4v) is 2.79. The van der Waals surface area contributed by atoms with Gasteiger partial charge in [-0.3, -0.25) is 0 Å². The molecule has 1 fully saturated rings. The standard InChI is InChI=1S/C18H26N4O2/c1-18(2,3)24-17(23)21(4)13-14-7-9-22(10-8-14)16-6-5-15(11-19)12-20-16/h5-6,12,14H,7-10,13H2,1-4H3. The summed E-state index contributed by atoms with van der Waals surface area (Å²) in [5.41, 5.74) is 0.114. The Labute approximate surface area is 144 Å². The fourth-order valence-electron chi connectivity index (χ4n) is 2.79. The van der Waals surface area contributed by atoms with Crippen LogP contribution in [-0.4, -0.2) is 48.3 Å². The van der Waals surface area contributed by atoms with Crippen LogP contribution in [0.4, 0.5) is 10.6 Å². The van der Waals surface area contributed by atoms with Crippen LogP contribution < -0.4 is 4.90 Å². The normalized spacial score (nSPS) is 15.7. The molecule has 0 radical (unpaired) electrons. The Hall–Kier alpha value is -2.29. The van der Waals surface area contributed by atoms with E-state index in [2.05, 4.69) is 16.0 Å². The van der Waals surface area contributed by atoms with Crippen LogP contribution in [0.25, 0.3) is 0 Å². The van der Waals surface area contributed by atoms with Gasteiger partial charge in [-0.2, -0.15) is 5.26 Å². The van der Waals surface area contributed by atoms with Crippen molar-refractivity contribution >= 4 is 11.9 Å². The Bertz CT molecular complexity index is 593. The topological polar surface area (TPSA) is 69.5 Å². The van der Waals surface area contributed by atoms with Gasteiger partial charge in [-0.1, -0.05) is 0 Å². The van der Waals surface area contributed by atoms with Crippen LogP contribution >= 0.6 is 0 Å². The predicted molar refractivity (Wildman–Crippen MR) is 92.8 cm³/mol. The lowest BCUT2D eigenvalue weighted by atomic mass is 9.96. The van der Waals surface area contributed by atoms with E-state index in [9.17, 15) is 4.79 Å². The summed E-state index contributed by atoms with van der Waals surface area (Å²) in [6.07, 6.45) is 3.36. The first-order chi connectivity index (χ1) is 11.3. The van der Waals surface area contributed by atoms with Crippen molar-refractivity contribution in [2.24, 2.45) is 5.92 Å². The number of anilines is 1. The highest BCUT2D eigenvalue weighted by Gasteiger charge is 2.25. The minimum Gasteiger partial charge on any atom is -0.444 e. The molecule has 1 aromatic heterocycles. The smallest absolute Gasteiger partial charge is 0.410 e. The quantitative estimate of drug-likeness (QED) is 0.852. The molecule has 1 saturated heterocycles. The van der Waals surface area contributed by atoms with E-state index >= 15 is 0 Å². The van der Waals surface area contributed by atoms with Crippen molar-refractivity contribution in [3.8, 4) is 6.07 Å². The van der Waals surface area contributed by atoms with Crippen molar-refractivity contribution in [3.63, 3.8) is 0 Å². The number of hydrogen-bond acceptors (Lipinski definition) is 5. The van der Waals surface area contributed by atoms with Crippen LogP contribution in [0, 0.1) is 17.2 Å². The molecule has 2 rings (SSSR count). The molecule has 1 aliphatic heterocycles. The molecule has 0 saturated carbocycles. The average Bonchev–Trinajstić information content (AvgIpc) is 2.54. The van der Waals surface area contributed by atoms with E-state index in [4.69, 9.17) is 10.00 Å². The number of ether oxygens (including phenoxy) is 1. The molecule has 0 aliphatic carbocycles. The van der Waals surface area contributed by atoms with Crippen LogP contribution in [0.2, 0.25) is 0 Å². The lowest BCUT2D eigenvalue weighted by Gasteiger charge is -2.34. The second-order valence-electron chi connectivity index (χ2n) is 7.31.